The summed E-state index contributed by atoms with van der Waals surface area (Å²) in [6, 6.07) is 0. The van der Waals surface area contributed by atoms with Gasteiger partial charge >= 0.3 is 29.6 Å². The zero-order valence-electron chi connectivity index (χ0n) is 8.13. The van der Waals surface area contributed by atoms with E-state index in [0.29, 0.717) is 0 Å². The van der Waals surface area contributed by atoms with Crippen LogP contribution in [0, 0.1) is 0 Å². The molecule has 0 aromatic rings. The van der Waals surface area contributed by atoms with Crippen molar-refractivity contribution >= 4 is 10.1 Å². The molecule has 8 heteroatoms. The van der Waals surface area contributed by atoms with Crippen LogP contribution < -0.4 is 29.6 Å². The van der Waals surface area contributed by atoms with Gasteiger partial charge in [-0.1, -0.05) is 0 Å². The molecule has 0 atom stereocenters. The van der Waals surface area contributed by atoms with Gasteiger partial charge in [-0.2, -0.15) is 18.8 Å². The third-order valence-corrected chi connectivity index (χ3v) is 1.91. The normalized spacial score (nSPS) is 12.3. The standard InChI is InChI=1S/C4H11NO5S.Na.H/c1-2-5(6,7)3-4-11(8,9)10;;/h6-7H,2-4H2,1H3;;/q;+1;-1/p+1. The van der Waals surface area contributed by atoms with Gasteiger partial charge in [0, 0.05) is 0 Å². The van der Waals surface area contributed by atoms with E-state index in [1.165, 1.54) is 6.92 Å². The van der Waals surface area contributed by atoms with Crippen LogP contribution in [0.3, 0.4) is 0 Å². The van der Waals surface area contributed by atoms with E-state index in [1.54, 1.807) is 0 Å². The number of hydrogen-bond donors (Lipinski definition) is 3. The number of rotatable bonds is 4. The van der Waals surface area contributed by atoms with Crippen molar-refractivity contribution in [1.29, 1.82) is 0 Å². The average molecular weight is 210 g/mol. The monoisotopic (exact) mass is 210 g/mol. The van der Waals surface area contributed by atoms with Crippen LogP contribution >= 0.6 is 0 Å². The summed E-state index contributed by atoms with van der Waals surface area (Å²) in [5.41, 5.74) is 0. The average Bonchev–Trinajstić information content (AvgIpc) is 1.83. The van der Waals surface area contributed by atoms with Gasteiger partial charge in [0.05, 0.1) is 0 Å². The first-order valence-corrected chi connectivity index (χ1v) is 4.65. The van der Waals surface area contributed by atoms with Crippen molar-refractivity contribution in [2.24, 2.45) is 0 Å². The van der Waals surface area contributed by atoms with Crippen LogP contribution in [0.25, 0.3) is 0 Å². The van der Waals surface area contributed by atoms with Crippen LogP contribution in [-0.4, -0.2) is 47.0 Å². The minimum absolute atomic E-state index is 0. The summed E-state index contributed by atoms with van der Waals surface area (Å²) in [4.78, 5) is -1.39. The molecular weight excluding hydrogens is 197 g/mol. The van der Waals surface area contributed by atoms with Crippen molar-refractivity contribution in [3.05, 3.63) is 0 Å². The molecule has 12 heavy (non-hydrogen) atoms. The molecule has 0 spiro atoms. The van der Waals surface area contributed by atoms with Gasteiger partial charge in [-0.15, -0.1) is 0 Å². The Kier molecular flexibility index (Phi) is 7.01. The van der Waals surface area contributed by atoms with Gasteiger partial charge in [-0.05, 0) is 11.7 Å². The molecule has 0 aromatic carbocycles. The van der Waals surface area contributed by atoms with Gasteiger partial charge in [0.15, 0.2) is 6.54 Å². The van der Waals surface area contributed by atoms with Crippen LogP contribution in [0.1, 0.15) is 8.35 Å². The van der Waals surface area contributed by atoms with Crippen LogP contribution in [0.4, 0.5) is 0 Å². The Bertz CT molecular complexity index is 219. The molecule has 0 aliphatic heterocycles. The fraction of sp³-hybridized carbons (Fsp3) is 1.00. The SMILES string of the molecule is CC[N+](O)(O)CCS(=O)(=O)O.[H-].[Na+]. The van der Waals surface area contributed by atoms with Crippen molar-refractivity contribution in [3.63, 3.8) is 0 Å². The Hall–Kier alpha value is 0.790. The van der Waals surface area contributed by atoms with Crippen molar-refractivity contribution < 1.29 is 59.2 Å². The molecule has 0 amide bonds. The Morgan fingerprint density at radius 2 is 1.83 bits per heavy atom. The first-order chi connectivity index (χ1) is 4.77. The minimum atomic E-state index is -4.10. The molecule has 0 rings (SSSR count). The van der Waals surface area contributed by atoms with Gasteiger partial charge in [-0.3, -0.25) is 4.55 Å². The first kappa shape index (κ1) is 15.3. The van der Waals surface area contributed by atoms with E-state index in [9.17, 15) is 8.42 Å². The van der Waals surface area contributed by atoms with Crippen LogP contribution in [-0.2, 0) is 10.1 Å². The van der Waals surface area contributed by atoms with Crippen molar-refractivity contribution in [1.82, 2.24) is 0 Å². The van der Waals surface area contributed by atoms with E-state index in [0.717, 1.165) is 0 Å². The fourth-order valence-corrected chi connectivity index (χ4v) is 0.943. The van der Waals surface area contributed by atoms with Gasteiger partial charge in [0.1, 0.15) is 12.3 Å². The van der Waals surface area contributed by atoms with E-state index in [2.05, 4.69) is 0 Å². The molecule has 0 saturated heterocycles. The van der Waals surface area contributed by atoms with Gasteiger partial charge < -0.3 is 1.43 Å². The maximum atomic E-state index is 10.1. The number of hydroxylamine groups is 4. The molecule has 0 aliphatic rings. The van der Waals surface area contributed by atoms with E-state index in [-0.39, 0.29) is 37.5 Å². The largest absolute Gasteiger partial charge is 1.00 e. The molecule has 0 radical (unpaired) electrons. The summed E-state index contributed by atoms with van der Waals surface area (Å²) >= 11 is 0. The molecule has 0 aromatic heterocycles. The summed E-state index contributed by atoms with van der Waals surface area (Å²) in [6.07, 6.45) is 0. The van der Waals surface area contributed by atoms with Crippen LogP contribution in [0.2, 0.25) is 0 Å². The predicted molar refractivity (Wildman–Crippen MR) is 36.8 cm³/mol. The molecule has 0 heterocycles. The summed E-state index contributed by atoms with van der Waals surface area (Å²) in [6.45, 7) is 1.01. The zero-order valence-corrected chi connectivity index (χ0v) is 9.95. The predicted octanol–water partition coefficient (Wildman–Crippen LogP) is -3.39. The van der Waals surface area contributed by atoms with Gasteiger partial charge in [0.25, 0.3) is 10.1 Å². The third-order valence-electron chi connectivity index (χ3n) is 1.21. The Labute approximate surface area is 94.8 Å². The van der Waals surface area contributed by atoms with E-state index >= 15 is 0 Å². The number of nitrogens with zero attached hydrogens (tertiary/aromatic N) is 1. The quantitative estimate of drug-likeness (QED) is 0.195. The molecule has 3 N–H and O–H groups in total. The second kappa shape index (κ2) is 5.51. The molecule has 0 bridgehead atoms. The summed E-state index contributed by atoms with van der Waals surface area (Å²) in [5, 5.41) is 17.6. The smallest absolute Gasteiger partial charge is 1.00 e. The van der Waals surface area contributed by atoms with Crippen LogP contribution in [0.5, 0.6) is 0 Å². The Balaban J connectivity index is -0.000000500. The van der Waals surface area contributed by atoms with Crippen LogP contribution in [0.15, 0.2) is 0 Å². The third kappa shape index (κ3) is 8.88. The number of quaternary nitrogens is 1. The minimum Gasteiger partial charge on any atom is -1.00 e. The summed E-state index contributed by atoms with van der Waals surface area (Å²) < 4.78 is 28.5. The van der Waals surface area contributed by atoms with Gasteiger partial charge in [-0.25, -0.2) is 0 Å². The van der Waals surface area contributed by atoms with Gasteiger partial charge in [0.2, 0.25) is 0 Å². The summed E-state index contributed by atoms with van der Waals surface area (Å²) in [5.74, 6) is -0.659. The van der Waals surface area contributed by atoms with Crippen molar-refractivity contribution in [2.45, 2.75) is 6.92 Å². The molecule has 0 unspecified atom stereocenters. The second-order valence-corrected chi connectivity index (χ2v) is 3.78. The maximum Gasteiger partial charge on any atom is 1.00 e. The Morgan fingerprint density at radius 3 is 2.08 bits per heavy atom. The summed E-state index contributed by atoms with van der Waals surface area (Å²) in [7, 11) is -4.10. The number of hydrogen-bond acceptors (Lipinski definition) is 4. The van der Waals surface area contributed by atoms with Crippen molar-refractivity contribution in [2.75, 3.05) is 18.8 Å². The van der Waals surface area contributed by atoms with Crippen molar-refractivity contribution in [3.8, 4) is 0 Å². The molecule has 0 aliphatic carbocycles. The maximum absolute atomic E-state index is 10.1. The Morgan fingerprint density at radius 1 is 1.42 bits per heavy atom. The topological polar surface area (TPSA) is 94.8 Å². The molecule has 6 nitrogen and oxygen atoms in total. The second-order valence-electron chi connectivity index (χ2n) is 2.20. The molecule has 0 fully saturated rings. The zero-order chi connectivity index (χ0) is 9.12. The van der Waals surface area contributed by atoms with E-state index in [1.807, 2.05) is 0 Å². The van der Waals surface area contributed by atoms with E-state index in [4.69, 9.17) is 15.0 Å². The fourth-order valence-electron chi connectivity index (χ4n) is 0.420. The van der Waals surface area contributed by atoms with E-state index < -0.39 is 27.2 Å². The first-order valence-electron chi connectivity index (χ1n) is 3.04. The molecule has 0 saturated carbocycles. The molecular formula is C4H13NNaO5S+. The molecule has 70 valence electrons.